The quantitative estimate of drug-likeness (QED) is 0.860. The van der Waals surface area contributed by atoms with Gasteiger partial charge in [-0.1, -0.05) is 27.5 Å². The normalized spacial score (nSPS) is 10.3. The second kappa shape index (κ2) is 5.56. The number of halogens is 2. The maximum Gasteiger partial charge on any atom is 0.142 e. The Bertz CT molecular complexity index is 320. The summed E-state index contributed by atoms with van der Waals surface area (Å²) in [7, 11) is 3.15. The highest BCUT2D eigenvalue weighted by molar-refractivity contribution is 9.10. The molecule has 0 saturated carbocycles. The predicted molar refractivity (Wildman–Crippen MR) is 59.6 cm³/mol. The van der Waals surface area contributed by atoms with Crippen molar-refractivity contribution in [3.8, 4) is 5.75 Å². The summed E-state index contributed by atoms with van der Waals surface area (Å²) in [5.41, 5.74) is 3.67. The van der Waals surface area contributed by atoms with Crippen molar-refractivity contribution in [2.75, 3.05) is 14.2 Å². The molecule has 0 unspecified atom stereocenters. The summed E-state index contributed by atoms with van der Waals surface area (Å²) in [5, 5.41) is 0.578. The molecule has 14 heavy (non-hydrogen) atoms. The van der Waals surface area contributed by atoms with Crippen molar-refractivity contribution in [2.45, 2.75) is 6.54 Å². The maximum atomic E-state index is 5.99. The molecule has 0 aliphatic rings. The lowest BCUT2D eigenvalue weighted by Gasteiger charge is -2.10. The molecule has 1 N–H and O–H groups in total. The highest BCUT2D eigenvalue weighted by atomic mass is 79.9. The predicted octanol–water partition coefficient (Wildman–Crippen LogP) is 2.76. The summed E-state index contributed by atoms with van der Waals surface area (Å²) < 4.78 is 6.09. The topological polar surface area (TPSA) is 30.5 Å². The molecule has 0 aromatic heterocycles. The molecule has 0 aliphatic carbocycles. The van der Waals surface area contributed by atoms with Crippen molar-refractivity contribution < 1.29 is 9.57 Å². The van der Waals surface area contributed by atoms with Crippen molar-refractivity contribution in [1.29, 1.82) is 0 Å². The first-order valence-corrected chi connectivity index (χ1v) is 5.14. The van der Waals surface area contributed by atoms with Gasteiger partial charge in [0.15, 0.2) is 0 Å². The van der Waals surface area contributed by atoms with Gasteiger partial charge in [-0.05, 0) is 12.1 Å². The number of rotatable bonds is 4. The van der Waals surface area contributed by atoms with E-state index < -0.39 is 0 Å². The van der Waals surface area contributed by atoms with Crippen LogP contribution in [0.2, 0.25) is 5.02 Å². The summed E-state index contributed by atoms with van der Waals surface area (Å²) >= 11 is 9.35. The van der Waals surface area contributed by atoms with E-state index in [2.05, 4.69) is 21.4 Å². The van der Waals surface area contributed by atoms with Crippen LogP contribution in [0.5, 0.6) is 5.75 Å². The molecule has 0 aliphatic heterocycles. The zero-order valence-corrected chi connectivity index (χ0v) is 10.3. The van der Waals surface area contributed by atoms with Crippen LogP contribution in [0.25, 0.3) is 0 Å². The minimum absolute atomic E-state index is 0.541. The number of nitrogens with one attached hydrogen (secondary N) is 1. The van der Waals surface area contributed by atoms with Crippen molar-refractivity contribution in [1.82, 2.24) is 5.48 Å². The van der Waals surface area contributed by atoms with Gasteiger partial charge in [0.25, 0.3) is 0 Å². The lowest BCUT2D eigenvalue weighted by atomic mass is 10.2. The lowest BCUT2D eigenvalue weighted by Crippen LogP contribution is -2.11. The van der Waals surface area contributed by atoms with Crippen LogP contribution in [0.15, 0.2) is 16.6 Å². The third-order valence-electron chi connectivity index (χ3n) is 1.70. The van der Waals surface area contributed by atoms with Gasteiger partial charge >= 0.3 is 0 Å². The largest absolute Gasteiger partial charge is 0.495 e. The van der Waals surface area contributed by atoms with Gasteiger partial charge in [0.05, 0.1) is 19.2 Å². The molecule has 3 nitrogen and oxygen atoms in total. The summed E-state index contributed by atoms with van der Waals surface area (Å²) in [6, 6.07) is 3.72. The average molecular weight is 281 g/mol. The van der Waals surface area contributed by atoms with Crippen molar-refractivity contribution in [2.24, 2.45) is 0 Å². The fourth-order valence-corrected chi connectivity index (χ4v) is 2.08. The van der Waals surface area contributed by atoms with Crippen LogP contribution in [-0.2, 0) is 11.4 Å². The van der Waals surface area contributed by atoms with Crippen LogP contribution in [0, 0.1) is 0 Å². The minimum Gasteiger partial charge on any atom is -0.495 e. The molecule has 0 atom stereocenters. The van der Waals surface area contributed by atoms with Gasteiger partial charge in [0, 0.05) is 16.6 Å². The maximum absolute atomic E-state index is 5.99. The zero-order valence-electron chi connectivity index (χ0n) is 7.93. The molecule has 0 saturated heterocycles. The van der Waals surface area contributed by atoms with Crippen LogP contribution >= 0.6 is 27.5 Å². The molecule has 5 heteroatoms. The SMILES string of the molecule is CONCc1cc(Br)cc(Cl)c1OC. The molecule has 78 valence electrons. The zero-order chi connectivity index (χ0) is 10.6. The molecule has 1 aromatic carbocycles. The van der Waals surface area contributed by atoms with Crippen LogP contribution in [-0.4, -0.2) is 14.2 Å². The molecule has 0 bridgehead atoms. The molecule has 0 radical (unpaired) electrons. The third kappa shape index (κ3) is 2.85. The number of hydrogen-bond acceptors (Lipinski definition) is 3. The molecule has 0 heterocycles. The first-order chi connectivity index (χ1) is 6.69. The van der Waals surface area contributed by atoms with E-state index in [1.165, 1.54) is 0 Å². The van der Waals surface area contributed by atoms with Crippen molar-refractivity contribution in [3.63, 3.8) is 0 Å². The summed E-state index contributed by atoms with van der Waals surface area (Å²) in [5.74, 6) is 0.666. The minimum atomic E-state index is 0.541. The molecule has 0 amide bonds. The summed E-state index contributed by atoms with van der Waals surface area (Å²) in [6.45, 7) is 0.541. The molecular weight excluding hydrogens is 269 g/mol. The van der Waals surface area contributed by atoms with Gasteiger partial charge in [-0.2, -0.15) is 5.48 Å². The second-order valence-corrected chi connectivity index (χ2v) is 3.93. The van der Waals surface area contributed by atoms with Crippen molar-refractivity contribution >= 4 is 27.5 Å². The summed E-state index contributed by atoms with van der Waals surface area (Å²) in [4.78, 5) is 4.76. The van der Waals surface area contributed by atoms with Crippen LogP contribution in [0.4, 0.5) is 0 Å². The van der Waals surface area contributed by atoms with Gasteiger partial charge in [0.2, 0.25) is 0 Å². The van der Waals surface area contributed by atoms with E-state index >= 15 is 0 Å². The van der Waals surface area contributed by atoms with Gasteiger partial charge in [-0.25, -0.2) is 0 Å². The van der Waals surface area contributed by atoms with Gasteiger partial charge < -0.3 is 9.57 Å². The Morgan fingerprint density at radius 1 is 1.43 bits per heavy atom. The van der Waals surface area contributed by atoms with Gasteiger partial charge in [0.1, 0.15) is 5.75 Å². The van der Waals surface area contributed by atoms with Gasteiger partial charge in [-0.15, -0.1) is 0 Å². The molecule has 0 spiro atoms. The third-order valence-corrected chi connectivity index (χ3v) is 2.43. The fraction of sp³-hybridized carbons (Fsp3) is 0.333. The Morgan fingerprint density at radius 2 is 2.14 bits per heavy atom. The van der Waals surface area contributed by atoms with E-state index in [4.69, 9.17) is 21.2 Å². The van der Waals surface area contributed by atoms with Crippen LogP contribution in [0.3, 0.4) is 0 Å². The number of hydrogen-bond donors (Lipinski definition) is 1. The van der Waals surface area contributed by atoms with E-state index in [1.807, 2.05) is 6.07 Å². The number of ether oxygens (including phenoxy) is 1. The highest BCUT2D eigenvalue weighted by Crippen LogP contribution is 2.32. The highest BCUT2D eigenvalue weighted by Gasteiger charge is 2.08. The van der Waals surface area contributed by atoms with E-state index in [-0.39, 0.29) is 0 Å². The fourth-order valence-electron chi connectivity index (χ4n) is 1.12. The van der Waals surface area contributed by atoms with Crippen molar-refractivity contribution in [3.05, 3.63) is 27.2 Å². The van der Waals surface area contributed by atoms with Gasteiger partial charge in [-0.3, -0.25) is 0 Å². The lowest BCUT2D eigenvalue weighted by molar-refractivity contribution is 0.0861. The first-order valence-electron chi connectivity index (χ1n) is 3.96. The molecular formula is C9H11BrClNO2. The van der Waals surface area contributed by atoms with E-state index in [9.17, 15) is 0 Å². The van der Waals surface area contributed by atoms with Crippen LogP contribution in [0.1, 0.15) is 5.56 Å². The van der Waals surface area contributed by atoms with Crippen LogP contribution < -0.4 is 10.2 Å². The average Bonchev–Trinajstić information content (AvgIpc) is 2.14. The molecule has 1 aromatic rings. The van der Waals surface area contributed by atoms with E-state index in [0.29, 0.717) is 17.3 Å². The van der Waals surface area contributed by atoms with E-state index in [0.717, 1.165) is 10.0 Å². The second-order valence-electron chi connectivity index (χ2n) is 2.61. The Kier molecular flexibility index (Phi) is 4.68. The Hall–Kier alpha value is -0.290. The smallest absolute Gasteiger partial charge is 0.142 e. The summed E-state index contributed by atoms with van der Waals surface area (Å²) in [6.07, 6.45) is 0. The number of methoxy groups -OCH3 is 1. The Labute approximate surface area is 96.4 Å². The van der Waals surface area contributed by atoms with E-state index in [1.54, 1.807) is 20.3 Å². The Balaban J connectivity index is 2.99. The monoisotopic (exact) mass is 279 g/mol. The molecule has 0 fully saturated rings. The Morgan fingerprint density at radius 3 is 2.71 bits per heavy atom. The standard InChI is InChI=1S/C9H11BrClNO2/c1-13-9-6(5-12-14-2)3-7(10)4-8(9)11/h3-4,12H,5H2,1-2H3. The number of benzene rings is 1. The molecule has 1 rings (SSSR count). The number of hydroxylamine groups is 1. The first kappa shape index (κ1) is 11.8.